The molecule has 156 valence electrons. The summed E-state index contributed by atoms with van der Waals surface area (Å²) in [6.45, 7) is 2.00. The fourth-order valence-corrected chi connectivity index (χ4v) is 5.22. The second kappa shape index (κ2) is 8.47. The average Bonchev–Trinajstić information content (AvgIpc) is 3.30. The number of carbonyl (C=O) groups is 3. The first kappa shape index (κ1) is 20.4. The standard InChI is InChI=1S/C22H22FN3O3S/c1-13(19(27)24-11-10-14-6-8-15(23)9-7-14)25-20(28)18-12-30-22-17-5-3-2-4-16(17)21(29)26(18)22/h2-9,13,18,22H,10-12H2,1H3,(H,24,27)(H,25,28)/t13-,18-,22-/m0/s1. The van der Waals surface area contributed by atoms with E-state index in [2.05, 4.69) is 10.6 Å². The molecule has 0 spiro atoms. The summed E-state index contributed by atoms with van der Waals surface area (Å²) < 4.78 is 12.9. The Morgan fingerprint density at radius 1 is 1.20 bits per heavy atom. The molecule has 4 rings (SSSR count). The summed E-state index contributed by atoms with van der Waals surface area (Å²) >= 11 is 1.56. The molecule has 30 heavy (non-hydrogen) atoms. The Morgan fingerprint density at radius 2 is 1.93 bits per heavy atom. The molecule has 1 fully saturated rings. The van der Waals surface area contributed by atoms with Gasteiger partial charge in [-0.15, -0.1) is 11.8 Å². The zero-order valence-corrected chi connectivity index (χ0v) is 17.2. The van der Waals surface area contributed by atoms with Gasteiger partial charge in [-0.1, -0.05) is 30.3 Å². The number of hydrogen-bond donors (Lipinski definition) is 2. The second-order valence-electron chi connectivity index (χ2n) is 7.40. The molecule has 0 radical (unpaired) electrons. The van der Waals surface area contributed by atoms with Crippen molar-refractivity contribution in [1.29, 1.82) is 0 Å². The number of hydrogen-bond acceptors (Lipinski definition) is 4. The Labute approximate surface area is 178 Å². The second-order valence-corrected chi connectivity index (χ2v) is 8.51. The van der Waals surface area contributed by atoms with Crippen LogP contribution in [0.4, 0.5) is 4.39 Å². The highest BCUT2D eigenvalue weighted by atomic mass is 32.2. The highest BCUT2D eigenvalue weighted by Crippen LogP contribution is 2.48. The molecule has 2 aromatic rings. The number of rotatable bonds is 6. The molecule has 2 N–H and O–H groups in total. The maximum absolute atomic E-state index is 12.9. The van der Waals surface area contributed by atoms with E-state index in [1.807, 2.05) is 18.2 Å². The number of halogens is 1. The Kier molecular flexibility index (Phi) is 5.76. The van der Waals surface area contributed by atoms with Crippen molar-refractivity contribution in [2.24, 2.45) is 0 Å². The molecular weight excluding hydrogens is 405 g/mol. The quantitative estimate of drug-likeness (QED) is 0.741. The molecule has 8 heteroatoms. The van der Waals surface area contributed by atoms with Gasteiger partial charge < -0.3 is 15.5 Å². The van der Waals surface area contributed by atoms with E-state index in [-0.39, 0.29) is 28.9 Å². The summed E-state index contributed by atoms with van der Waals surface area (Å²) in [5, 5.41) is 5.36. The molecule has 0 aliphatic carbocycles. The molecule has 0 bridgehead atoms. The number of carbonyl (C=O) groups excluding carboxylic acids is 3. The Balaban J connectivity index is 1.30. The average molecular weight is 428 g/mol. The monoisotopic (exact) mass is 427 g/mol. The van der Waals surface area contributed by atoms with Crippen molar-refractivity contribution < 1.29 is 18.8 Å². The third-order valence-electron chi connectivity index (χ3n) is 5.37. The third-order valence-corrected chi connectivity index (χ3v) is 6.68. The van der Waals surface area contributed by atoms with Crippen molar-refractivity contribution in [2.45, 2.75) is 30.8 Å². The van der Waals surface area contributed by atoms with Gasteiger partial charge in [0, 0.05) is 17.9 Å². The fourth-order valence-electron chi connectivity index (χ4n) is 3.75. The number of benzene rings is 2. The number of thioether (sulfide) groups is 1. The molecule has 0 saturated carbocycles. The van der Waals surface area contributed by atoms with Gasteiger partial charge >= 0.3 is 0 Å². The normalized spacial score (nSPS) is 20.5. The topological polar surface area (TPSA) is 78.5 Å². The van der Waals surface area contributed by atoms with Gasteiger partial charge in [0.1, 0.15) is 23.3 Å². The van der Waals surface area contributed by atoms with Crippen LogP contribution in [0.25, 0.3) is 0 Å². The molecule has 0 unspecified atom stereocenters. The van der Waals surface area contributed by atoms with Crippen molar-refractivity contribution in [3.05, 3.63) is 71.0 Å². The zero-order valence-electron chi connectivity index (χ0n) is 16.4. The minimum atomic E-state index is -0.727. The molecule has 2 aliphatic rings. The number of nitrogens with one attached hydrogen (secondary N) is 2. The molecule has 2 aromatic carbocycles. The third kappa shape index (κ3) is 3.92. The van der Waals surface area contributed by atoms with E-state index in [9.17, 15) is 18.8 Å². The van der Waals surface area contributed by atoms with Crippen LogP contribution in [0.15, 0.2) is 48.5 Å². The summed E-state index contributed by atoms with van der Waals surface area (Å²) in [6, 6.07) is 12.2. The van der Waals surface area contributed by atoms with Crippen LogP contribution in [0.3, 0.4) is 0 Å². The van der Waals surface area contributed by atoms with Crippen molar-refractivity contribution >= 4 is 29.5 Å². The highest BCUT2D eigenvalue weighted by molar-refractivity contribution is 7.99. The van der Waals surface area contributed by atoms with E-state index in [1.165, 1.54) is 12.1 Å². The Morgan fingerprint density at radius 3 is 2.70 bits per heavy atom. The van der Waals surface area contributed by atoms with Crippen LogP contribution in [0.2, 0.25) is 0 Å². The fraction of sp³-hybridized carbons (Fsp3) is 0.318. The lowest BCUT2D eigenvalue weighted by Gasteiger charge is -2.24. The summed E-state index contributed by atoms with van der Waals surface area (Å²) in [5.41, 5.74) is 2.49. The number of fused-ring (bicyclic) bond motifs is 3. The minimum Gasteiger partial charge on any atom is -0.354 e. The maximum Gasteiger partial charge on any atom is 0.256 e. The van der Waals surface area contributed by atoms with Gasteiger partial charge in [0.05, 0.1) is 0 Å². The molecule has 3 amide bonds. The summed E-state index contributed by atoms with van der Waals surface area (Å²) in [6.07, 6.45) is 0.564. The van der Waals surface area contributed by atoms with Gasteiger partial charge in [-0.25, -0.2) is 4.39 Å². The van der Waals surface area contributed by atoms with E-state index in [0.717, 1.165) is 11.1 Å². The van der Waals surface area contributed by atoms with Crippen LogP contribution < -0.4 is 10.6 Å². The predicted molar refractivity (Wildman–Crippen MR) is 112 cm³/mol. The lowest BCUT2D eigenvalue weighted by molar-refractivity contribution is -0.130. The molecule has 2 heterocycles. The van der Waals surface area contributed by atoms with E-state index in [0.29, 0.717) is 24.3 Å². The number of nitrogens with zero attached hydrogens (tertiary/aromatic N) is 1. The molecule has 3 atom stereocenters. The lowest BCUT2D eigenvalue weighted by atomic mass is 10.1. The van der Waals surface area contributed by atoms with Crippen LogP contribution in [-0.4, -0.2) is 47.0 Å². The highest BCUT2D eigenvalue weighted by Gasteiger charge is 2.48. The van der Waals surface area contributed by atoms with Crippen LogP contribution in [-0.2, 0) is 16.0 Å². The van der Waals surface area contributed by atoms with Gasteiger partial charge in [-0.05, 0) is 42.7 Å². The summed E-state index contributed by atoms with van der Waals surface area (Å²) in [5.74, 6) is -0.575. The predicted octanol–water partition coefficient (Wildman–Crippen LogP) is 2.26. The Hall–Kier alpha value is -2.87. The van der Waals surface area contributed by atoms with E-state index in [4.69, 9.17) is 0 Å². The molecule has 1 saturated heterocycles. The molecule has 0 aromatic heterocycles. The summed E-state index contributed by atoms with van der Waals surface area (Å²) in [7, 11) is 0. The van der Waals surface area contributed by atoms with Crippen molar-refractivity contribution in [3.8, 4) is 0 Å². The zero-order chi connectivity index (χ0) is 21.3. The smallest absolute Gasteiger partial charge is 0.256 e. The first-order valence-electron chi connectivity index (χ1n) is 9.81. The van der Waals surface area contributed by atoms with Gasteiger partial charge in [-0.3, -0.25) is 14.4 Å². The number of amides is 3. The van der Waals surface area contributed by atoms with Crippen LogP contribution in [0.1, 0.15) is 33.8 Å². The molecule has 6 nitrogen and oxygen atoms in total. The van der Waals surface area contributed by atoms with Crippen LogP contribution >= 0.6 is 11.8 Å². The van der Waals surface area contributed by atoms with E-state index < -0.39 is 12.1 Å². The van der Waals surface area contributed by atoms with E-state index in [1.54, 1.807) is 41.8 Å². The molecular formula is C22H22FN3O3S. The van der Waals surface area contributed by atoms with Crippen LogP contribution in [0.5, 0.6) is 0 Å². The van der Waals surface area contributed by atoms with E-state index >= 15 is 0 Å². The first-order chi connectivity index (χ1) is 14.5. The maximum atomic E-state index is 12.9. The van der Waals surface area contributed by atoms with Gasteiger partial charge in [0.2, 0.25) is 11.8 Å². The first-order valence-corrected chi connectivity index (χ1v) is 10.9. The van der Waals surface area contributed by atoms with Gasteiger partial charge in [0.25, 0.3) is 5.91 Å². The van der Waals surface area contributed by atoms with Crippen molar-refractivity contribution in [1.82, 2.24) is 15.5 Å². The van der Waals surface area contributed by atoms with Gasteiger partial charge in [-0.2, -0.15) is 0 Å². The largest absolute Gasteiger partial charge is 0.354 e. The summed E-state index contributed by atoms with van der Waals surface area (Å²) in [4.78, 5) is 39.5. The van der Waals surface area contributed by atoms with Gasteiger partial charge in [0.15, 0.2) is 0 Å². The lowest BCUT2D eigenvalue weighted by Crippen LogP contribution is -2.52. The Bertz CT molecular complexity index is 982. The minimum absolute atomic E-state index is 0.142. The van der Waals surface area contributed by atoms with Crippen molar-refractivity contribution in [3.63, 3.8) is 0 Å². The van der Waals surface area contributed by atoms with Crippen LogP contribution in [0, 0.1) is 5.82 Å². The SMILES string of the molecule is C[C@H](NC(=O)[C@@H]1CS[C@H]2c3ccccc3C(=O)N12)C(=O)NCCc1ccc(F)cc1. The molecule has 2 aliphatic heterocycles. The van der Waals surface area contributed by atoms with Crippen molar-refractivity contribution in [2.75, 3.05) is 12.3 Å².